The number of aromatic amines is 1. The van der Waals surface area contributed by atoms with Crippen LogP contribution in [0.3, 0.4) is 0 Å². The Labute approximate surface area is 175 Å². The lowest BCUT2D eigenvalue weighted by Gasteiger charge is -2.10. The molecule has 0 aliphatic carbocycles. The number of rotatable bonds is 6. The number of halogens is 1. The third kappa shape index (κ3) is 4.22. The first kappa shape index (κ1) is 20.1. The van der Waals surface area contributed by atoms with Gasteiger partial charge in [-0.1, -0.05) is 12.1 Å². The van der Waals surface area contributed by atoms with Crippen molar-refractivity contribution < 1.29 is 18.3 Å². The highest BCUT2D eigenvalue weighted by atomic mass is 19.1. The van der Waals surface area contributed by atoms with Crippen molar-refractivity contribution in [1.29, 1.82) is 0 Å². The van der Waals surface area contributed by atoms with Crippen LogP contribution >= 0.6 is 0 Å². The molecular formula is C21H18FN5O4. The molecule has 0 saturated carbocycles. The largest absolute Gasteiger partial charge is 0.481 e. The van der Waals surface area contributed by atoms with Crippen molar-refractivity contribution >= 4 is 11.7 Å². The Morgan fingerprint density at radius 2 is 2.06 bits per heavy atom. The molecule has 10 heteroatoms. The molecule has 0 bridgehead atoms. The van der Waals surface area contributed by atoms with E-state index in [9.17, 15) is 14.0 Å². The van der Waals surface area contributed by atoms with E-state index in [-0.39, 0.29) is 23.1 Å². The molecule has 31 heavy (non-hydrogen) atoms. The third-order valence-electron chi connectivity index (χ3n) is 4.53. The number of aryl methyl sites for hydroxylation is 1. The number of ether oxygens (including phenoxy) is 1. The molecule has 3 heterocycles. The van der Waals surface area contributed by atoms with Crippen LogP contribution in [0.5, 0.6) is 5.75 Å². The van der Waals surface area contributed by atoms with Crippen LogP contribution in [0.4, 0.5) is 10.2 Å². The minimum absolute atomic E-state index is 0.0393. The minimum atomic E-state index is -0.572. The van der Waals surface area contributed by atoms with Crippen molar-refractivity contribution in [1.82, 2.24) is 19.7 Å². The molecule has 2 N–H and O–H groups in total. The smallest absolute Gasteiger partial charge is 0.263 e. The van der Waals surface area contributed by atoms with Gasteiger partial charge in [-0.15, -0.1) is 0 Å². The summed E-state index contributed by atoms with van der Waals surface area (Å²) < 4.78 is 25.6. The molecule has 0 unspecified atom stereocenters. The Morgan fingerprint density at radius 1 is 1.26 bits per heavy atom. The number of para-hydroxylation sites is 1. The summed E-state index contributed by atoms with van der Waals surface area (Å²) in [6, 6.07) is 10.7. The number of amides is 1. The molecule has 1 aromatic carbocycles. The van der Waals surface area contributed by atoms with Crippen molar-refractivity contribution in [3.8, 4) is 23.2 Å². The molecule has 1 amide bonds. The van der Waals surface area contributed by atoms with Crippen LogP contribution in [0, 0.1) is 19.7 Å². The molecule has 4 aromatic rings. The fourth-order valence-corrected chi connectivity index (χ4v) is 2.79. The molecule has 0 atom stereocenters. The van der Waals surface area contributed by atoms with Crippen molar-refractivity contribution in [2.45, 2.75) is 13.8 Å². The molecule has 158 valence electrons. The zero-order valence-corrected chi connectivity index (χ0v) is 16.7. The van der Waals surface area contributed by atoms with Crippen LogP contribution in [0.15, 0.2) is 57.9 Å². The molecule has 0 saturated heterocycles. The summed E-state index contributed by atoms with van der Waals surface area (Å²) in [6.45, 7) is 2.93. The highest BCUT2D eigenvalue weighted by Crippen LogP contribution is 2.24. The summed E-state index contributed by atoms with van der Waals surface area (Å²) in [7, 11) is 0. The quantitative estimate of drug-likeness (QED) is 0.493. The average Bonchev–Trinajstić information content (AvgIpc) is 3.41. The number of nitrogens with zero attached hydrogens (tertiary/aromatic N) is 3. The summed E-state index contributed by atoms with van der Waals surface area (Å²) in [4.78, 5) is 31.6. The maximum Gasteiger partial charge on any atom is 0.263 e. The second kappa shape index (κ2) is 8.27. The van der Waals surface area contributed by atoms with Gasteiger partial charge >= 0.3 is 0 Å². The molecule has 3 aromatic heterocycles. The van der Waals surface area contributed by atoms with E-state index >= 15 is 0 Å². The Morgan fingerprint density at radius 3 is 2.77 bits per heavy atom. The van der Waals surface area contributed by atoms with Gasteiger partial charge in [-0.05, 0) is 38.1 Å². The van der Waals surface area contributed by atoms with Crippen LogP contribution in [-0.4, -0.2) is 32.3 Å². The standard InChI is InChI=1S/C21H18FN5O4/c1-12-13(2)23-21(25-20(12)29)27-18(10-15(26-27)17-8-5-9-30-17)24-19(28)11-31-16-7-4-3-6-14(16)22/h3-10H,11H2,1-2H3,(H,24,28)(H,23,25,29). The zero-order chi connectivity index (χ0) is 22.0. The fraction of sp³-hybridized carbons (Fsp3) is 0.143. The molecule has 0 aliphatic heterocycles. The van der Waals surface area contributed by atoms with Crippen molar-refractivity contribution in [2.75, 3.05) is 11.9 Å². The summed E-state index contributed by atoms with van der Waals surface area (Å²) >= 11 is 0. The number of carbonyl (C=O) groups excluding carboxylic acids is 1. The second-order valence-electron chi connectivity index (χ2n) is 6.67. The first-order valence-corrected chi connectivity index (χ1v) is 9.31. The molecule has 9 nitrogen and oxygen atoms in total. The Balaban J connectivity index is 1.64. The van der Waals surface area contributed by atoms with Gasteiger partial charge in [0, 0.05) is 17.3 Å². The van der Waals surface area contributed by atoms with E-state index in [0.717, 1.165) is 0 Å². The third-order valence-corrected chi connectivity index (χ3v) is 4.53. The fourth-order valence-electron chi connectivity index (χ4n) is 2.79. The lowest BCUT2D eigenvalue weighted by Crippen LogP contribution is -2.24. The number of anilines is 1. The van der Waals surface area contributed by atoms with E-state index in [1.807, 2.05) is 0 Å². The topological polar surface area (TPSA) is 115 Å². The van der Waals surface area contributed by atoms with Crippen LogP contribution in [0.1, 0.15) is 11.3 Å². The number of benzene rings is 1. The van der Waals surface area contributed by atoms with E-state index in [1.165, 1.54) is 29.1 Å². The first-order valence-electron chi connectivity index (χ1n) is 9.31. The van der Waals surface area contributed by atoms with E-state index in [4.69, 9.17) is 9.15 Å². The van der Waals surface area contributed by atoms with Gasteiger partial charge in [0.25, 0.3) is 11.5 Å². The van der Waals surface area contributed by atoms with Crippen LogP contribution < -0.4 is 15.6 Å². The molecule has 0 spiro atoms. The zero-order valence-electron chi connectivity index (χ0n) is 16.7. The number of hydrogen-bond donors (Lipinski definition) is 2. The van der Waals surface area contributed by atoms with Gasteiger partial charge in [-0.2, -0.15) is 9.78 Å². The second-order valence-corrected chi connectivity index (χ2v) is 6.67. The van der Waals surface area contributed by atoms with Crippen LogP contribution in [0.2, 0.25) is 0 Å². The molecule has 4 rings (SSSR count). The average molecular weight is 423 g/mol. The lowest BCUT2D eigenvalue weighted by atomic mass is 10.3. The van der Waals surface area contributed by atoms with Gasteiger partial charge in [0.05, 0.1) is 6.26 Å². The Kier molecular flexibility index (Phi) is 5.35. The van der Waals surface area contributed by atoms with Gasteiger partial charge in [-0.3, -0.25) is 14.6 Å². The number of furan rings is 1. The maximum absolute atomic E-state index is 13.7. The van der Waals surface area contributed by atoms with E-state index in [0.29, 0.717) is 22.7 Å². The van der Waals surface area contributed by atoms with Crippen LogP contribution in [-0.2, 0) is 4.79 Å². The maximum atomic E-state index is 13.7. The van der Waals surface area contributed by atoms with Gasteiger partial charge in [0.2, 0.25) is 5.95 Å². The molecular weight excluding hydrogens is 405 g/mol. The number of hydrogen-bond acceptors (Lipinski definition) is 6. The van der Waals surface area contributed by atoms with E-state index < -0.39 is 18.3 Å². The summed E-state index contributed by atoms with van der Waals surface area (Å²) in [5, 5.41) is 7.04. The van der Waals surface area contributed by atoms with E-state index in [1.54, 1.807) is 38.1 Å². The number of aromatic nitrogens is 4. The highest BCUT2D eigenvalue weighted by Gasteiger charge is 2.18. The number of H-pyrrole nitrogens is 1. The number of carbonyl (C=O) groups is 1. The van der Waals surface area contributed by atoms with E-state index in [2.05, 4.69) is 20.4 Å². The molecule has 0 fully saturated rings. The highest BCUT2D eigenvalue weighted by molar-refractivity contribution is 5.91. The summed E-state index contributed by atoms with van der Waals surface area (Å²) in [6.07, 6.45) is 1.49. The normalized spacial score (nSPS) is 10.8. The van der Waals surface area contributed by atoms with Crippen molar-refractivity contribution in [3.63, 3.8) is 0 Å². The van der Waals surface area contributed by atoms with Crippen LogP contribution in [0.25, 0.3) is 17.4 Å². The molecule has 0 aliphatic rings. The summed E-state index contributed by atoms with van der Waals surface area (Å²) in [5.41, 5.74) is 1.09. The predicted octanol–water partition coefficient (Wildman–Crippen LogP) is 2.99. The van der Waals surface area contributed by atoms with Gasteiger partial charge in [0.1, 0.15) is 11.5 Å². The minimum Gasteiger partial charge on any atom is -0.481 e. The Bertz CT molecular complexity index is 1290. The van der Waals surface area contributed by atoms with Gasteiger partial charge in [-0.25, -0.2) is 9.37 Å². The lowest BCUT2D eigenvalue weighted by molar-refractivity contribution is -0.118. The monoisotopic (exact) mass is 423 g/mol. The Hall–Kier alpha value is -4.21. The number of nitrogens with one attached hydrogen (secondary N) is 2. The van der Waals surface area contributed by atoms with Gasteiger partial charge in [0.15, 0.2) is 23.9 Å². The SMILES string of the molecule is Cc1nc(-n2nc(-c3ccco3)cc2NC(=O)COc2ccccc2F)[nH]c(=O)c1C. The first-order chi connectivity index (χ1) is 14.9. The summed E-state index contributed by atoms with van der Waals surface area (Å²) in [5.74, 6) is -0.360. The van der Waals surface area contributed by atoms with Crippen molar-refractivity contribution in [2.24, 2.45) is 0 Å². The van der Waals surface area contributed by atoms with Crippen molar-refractivity contribution in [3.05, 3.63) is 76.2 Å². The predicted molar refractivity (Wildman–Crippen MR) is 110 cm³/mol. The van der Waals surface area contributed by atoms with Gasteiger partial charge < -0.3 is 14.5 Å². The molecule has 0 radical (unpaired) electrons.